The summed E-state index contributed by atoms with van der Waals surface area (Å²) in [5, 5.41) is 0. The van der Waals surface area contributed by atoms with Gasteiger partial charge in [0.05, 0.1) is 0 Å². The average Bonchev–Trinajstić information content (AvgIpc) is 2.32. The molecular formula is C13H16N4. The van der Waals surface area contributed by atoms with Crippen molar-refractivity contribution in [3.8, 4) is 0 Å². The molecule has 0 atom stereocenters. The predicted molar refractivity (Wildman–Crippen MR) is 69.7 cm³/mol. The number of aryl methyl sites for hydroxylation is 1. The number of anilines is 2. The molecule has 0 aliphatic carbocycles. The standard InChI is InChI=1S/C13H16N4/c1-10-5-3-4-6-11(10)9-17(2)13-12(14)15-7-8-16-13/h3-8H,9H2,1-2H3,(H2,14,15). The van der Waals surface area contributed by atoms with E-state index in [4.69, 9.17) is 5.73 Å². The quantitative estimate of drug-likeness (QED) is 0.873. The van der Waals surface area contributed by atoms with Crippen LogP contribution in [0.2, 0.25) is 0 Å². The molecule has 0 unspecified atom stereocenters. The SMILES string of the molecule is Cc1ccccc1CN(C)c1nccnc1N. The van der Waals surface area contributed by atoms with Gasteiger partial charge in [0.1, 0.15) is 0 Å². The van der Waals surface area contributed by atoms with Gasteiger partial charge in [0.25, 0.3) is 0 Å². The predicted octanol–water partition coefficient (Wildman–Crippen LogP) is 2.00. The van der Waals surface area contributed by atoms with Crippen LogP contribution in [0.3, 0.4) is 0 Å². The molecule has 0 saturated heterocycles. The van der Waals surface area contributed by atoms with Crippen molar-refractivity contribution in [3.05, 3.63) is 47.8 Å². The Morgan fingerprint density at radius 1 is 1.18 bits per heavy atom. The summed E-state index contributed by atoms with van der Waals surface area (Å²) in [6, 6.07) is 8.29. The van der Waals surface area contributed by atoms with Gasteiger partial charge in [-0.25, -0.2) is 9.97 Å². The Labute approximate surface area is 101 Å². The van der Waals surface area contributed by atoms with Crippen molar-refractivity contribution in [1.82, 2.24) is 9.97 Å². The number of hydrogen-bond donors (Lipinski definition) is 1. The molecule has 0 aliphatic rings. The first-order valence-electron chi connectivity index (χ1n) is 5.50. The molecule has 1 aromatic heterocycles. The number of hydrogen-bond acceptors (Lipinski definition) is 4. The zero-order chi connectivity index (χ0) is 12.3. The molecule has 0 amide bonds. The first kappa shape index (κ1) is 11.4. The van der Waals surface area contributed by atoms with Crippen molar-refractivity contribution >= 4 is 11.6 Å². The van der Waals surface area contributed by atoms with E-state index in [1.54, 1.807) is 12.4 Å². The van der Waals surface area contributed by atoms with Crippen LogP contribution < -0.4 is 10.6 Å². The van der Waals surface area contributed by atoms with Crippen molar-refractivity contribution in [2.45, 2.75) is 13.5 Å². The maximum atomic E-state index is 5.80. The first-order valence-corrected chi connectivity index (χ1v) is 5.50. The average molecular weight is 228 g/mol. The van der Waals surface area contributed by atoms with E-state index < -0.39 is 0 Å². The lowest BCUT2D eigenvalue weighted by atomic mass is 10.1. The highest BCUT2D eigenvalue weighted by Gasteiger charge is 2.08. The minimum atomic E-state index is 0.462. The van der Waals surface area contributed by atoms with E-state index in [0.717, 1.165) is 12.4 Å². The van der Waals surface area contributed by atoms with Gasteiger partial charge in [-0.15, -0.1) is 0 Å². The third kappa shape index (κ3) is 2.53. The molecule has 2 rings (SSSR count). The van der Waals surface area contributed by atoms with Crippen LogP contribution in [-0.2, 0) is 6.54 Å². The largest absolute Gasteiger partial charge is 0.381 e. The van der Waals surface area contributed by atoms with E-state index >= 15 is 0 Å². The monoisotopic (exact) mass is 228 g/mol. The number of nitrogens with two attached hydrogens (primary N) is 1. The van der Waals surface area contributed by atoms with E-state index in [1.807, 2.05) is 24.1 Å². The van der Waals surface area contributed by atoms with Crippen LogP contribution in [0.4, 0.5) is 11.6 Å². The van der Waals surface area contributed by atoms with Crippen LogP contribution in [0.15, 0.2) is 36.7 Å². The van der Waals surface area contributed by atoms with E-state index in [9.17, 15) is 0 Å². The van der Waals surface area contributed by atoms with Crippen molar-refractivity contribution in [3.63, 3.8) is 0 Å². The zero-order valence-electron chi connectivity index (χ0n) is 10.1. The van der Waals surface area contributed by atoms with Gasteiger partial charge >= 0.3 is 0 Å². The summed E-state index contributed by atoms with van der Waals surface area (Å²) in [7, 11) is 1.97. The van der Waals surface area contributed by atoms with E-state index in [-0.39, 0.29) is 0 Å². The van der Waals surface area contributed by atoms with Crippen LogP contribution in [0.1, 0.15) is 11.1 Å². The molecular weight excluding hydrogens is 212 g/mol. The minimum absolute atomic E-state index is 0.462. The number of nitrogen functional groups attached to an aromatic ring is 1. The Bertz CT molecular complexity index is 510. The Morgan fingerprint density at radius 2 is 1.88 bits per heavy atom. The van der Waals surface area contributed by atoms with Gasteiger partial charge in [0, 0.05) is 26.0 Å². The summed E-state index contributed by atoms with van der Waals surface area (Å²) < 4.78 is 0. The van der Waals surface area contributed by atoms with Crippen LogP contribution >= 0.6 is 0 Å². The van der Waals surface area contributed by atoms with Crippen molar-refractivity contribution in [1.29, 1.82) is 0 Å². The molecule has 4 nitrogen and oxygen atoms in total. The summed E-state index contributed by atoms with van der Waals surface area (Å²) in [5.41, 5.74) is 8.33. The maximum absolute atomic E-state index is 5.80. The topological polar surface area (TPSA) is 55.0 Å². The second kappa shape index (κ2) is 4.82. The molecule has 4 heteroatoms. The summed E-state index contributed by atoms with van der Waals surface area (Å²) in [5.74, 6) is 1.18. The Balaban J connectivity index is 2.20. The lowest BCUT2D eigenvalue weighted by Crippen LogP contribution is -2.20. The van der Waals surface area contributed by atoms with Gasteiger partial charge < -0.3 is 10.6 Å². The van der Waals surface area contributed by atoms with Gasteiger partial charge in [0.15, 0.2) is 11.6 Å². The van der Waals surface area contributed by atoms with E-state index in [1.165, 1.54) is 11.1 Å². The summed E-state index contributed by atoms with van der Waals surface area (Å²) >= 11 is 0. The van der Waals surface area contributed by atoms with Crippen molar-refractivity contribution < 1.29 is 0 Å². The van der Waals surface area contributed by atoms with Crippen LogP contribution in [0.5, 0.6) is 0 Å². The molecule has 0 fully saturated rings. The maximum Gasteiger partial charge on any atom is 0.171 e. The highest BCUT2D eigenvalue weighted by atomic mass is 15.2. The van der Waals surface area contributed by atoms with Crippen molar-refractivity contribution in [2.24, 2.45) is 0 Å². The van der Waals surface area contributed by atoms with Gasteiger partial charge in [-0.05, 0) is 18.1 Å². The molecule has 17 heavy (non-hydrogen) atoms. The number of nitrogens with zero attached hydrogens (tertiary/aromatic N) is 3. The van der Waals surface area contributed by atoms with Gasteiger partial charge in [-0.1, -0.05) is 24.3 Å². The fraction of sp³-hybridized carbons (Fsp3) is 0.231. The Morgan fingerprint density at radius 3 is 2.59 bits per heavy atom. The fourth-order valence-electron chi connectivity index (χ4n) is 1.75. The summed E-state index contributed by atoms with van der Waals surface area (Å²) in [6.45, 7) is 2.87. The van der Waals surface area contributed by atoms with Gasteiger partial charge in [-0.2, -0.15) is 0 Å². The van der Waals surface area contributed by atoms with Crippen molar-refractivity contribution in [2.75, 3.05) is 17.7 Å². The normalized spacial score (nSPS) is 10.2. The molecule has 88 valence electrons. The highest BCUT2D eigenvalue weighted by Crippen LogP contribution is 2.18. The first-order chi connectivity index (χ1) is 8.18. The van der Waals surface area contributed by atoms with Crippen LogP contribution in [0, 0.1) is 6.92 Å². The molecule has 0 radical (unpaired) electrons. The Hall–Kier alpha value is -2.10. The van der Waals surface area contributed by atoms with E-state index in [2.05, 4.69) is 29.0 Å². The number of benzene rings is 1. The smallest absolute Gasteiger partial charge is 0.171 e. The minimum Gasteiger partial charge on any atom is -0.381 e. The molecule has 0 aliphatic heterocycles. The lowest BCUT2D eigenvalue weighted by molar-refractivity contribution is 0.886. The third-order valence-electron chi connectivity index (χ3n) is 2.74. The molecule has 1 aromatic carbocycles. The fourth-order valence-corrected chi connectivity index (χ4v) is 1.75. The second-order valence-electron chi connectivity index (χ2n) is 4.05. The molecule has 0 bridgehead atoms. The third-order valence-corrected chi connectivity index (χ3v) is 2.74. The molecule has 0 saturated carbocycles. The lowest BCUT2D eigenvalue weighted by Gasteiger charge is -2.20. The number of rotatable bonds is 3. The molecule has 0 spiro atoms. The van der Waals surface area contributed by atoms with Gasteiger partial charge in [-0.3, -0.25) is 0 Å². The zero-order valence-corrected chi connectivity index (χ0v) is 10.1. The summed E-state index contributed by atoms with van der Waals surface area (Å²) in [6.07, 6.45) is 3.25. The van der Waals surface area contributed by atoms with E-state index in [0.29, 0.717) is 5.82 Å². The van der Waals surface area contributed by atoms with Crippen LogP contribution in [-0.4, -0.2) is 17.0 Å². The van der Waals surface area contributed by atoms with Crippen LogP contribution in [0.25, 0.3) is 0 Å². The Kier molecular flexibility index (Phi) is 3.23. The summed E-state index contributed by atoms with van der Waals surface area (Å²) in [4.78, 5) is 10.3. The second-order valence-corrected chi connectivity index (χ2v) is 4.05. The van der Waals surface area contributed by atoms with Gasteiger partial charge in [0.2, 0.25) is 0 Å². The molecule has 1 heterocycles. The molecule has 2 aromatic rings. The number of aromatic nitrogens is 2. The highest BCUT2D eigenvalue weighted by molar-refractivity contribution is 5.57. The molecule has 2 N–H and O–H groups in total.